The lowest BCUT2D eigenvalue weighted by atomic mass is 10.1. The molecule has 1 aliphatic heterocycles. The highest BCUT2D eigenvalue weighted by Gasteiger charge is 2.28. The van der Waals surface area contributed by atoms with Gasteiger partial charge in [-0.15, -0.1) is 0 Å². The summed E-state index contributed by atoms with van der Waals surface area (Å²) in [5.41, 5.74) is 2.84. The Hall–Kier alpha value is -3.96. The molecule has 0 radical (unpaired) electrons. The molecule has 5 rings (SSSR count). The maximum atomic E-state index is 12.5. The van der Waals surface area contributed by atoms with E-state index in [-0.39, 0.29) is 18.8 Å². The van der Waals surface area contributed by atoms with E-state index in [4.69, 9.17) is 25.8 Å². The van der Waals surface area contributed by atoms with E-state index in [1.807, 2.05) is 65.1 Å². The molecule has 11 nitrogen and oxygen atoms in total. The maximum absolute atomic E-state index is 12.5. The third-order valence-electron chi connectivity index (χ3n) is 6.05. The molecule has 0 spiro atoms. The van der Waals surface area contributed by atoms with Gasteiger partial charge in [0.25, 0.3) is 0 Å². The van der Waals surface area contributed by atoms with Crippen LogP contribution >= 0.6 is 11.6 Å². The van der Waals surface area contributed by atoms with Crippen molar-refractivity contribution in [1.29, 1.82) is 0 Å². The summed E-state index contributed by atoms with van der Waals surface area (Å²) in [6.45, 7) is 10.8. The van der Waals surface area contributed by atoms with Crippen molar-refractivity contribution >= 4 is 34.8 Å². The summed E-state index contributed by atoms with van der Waals surface area (Å²) in [4.78, 5) is 27.1. The summed E-state index contributed by atoms with van der Waals surface area (Å²) >= 11 is 6.27. The highest BCUT2D eigenvalue weighted by Crippen LogP contribution is 2.33. The van der Waals surface area contributed by atoms with Crippen molar-refractivity contribution in [3.05, 3.63) is 59.4 Å². The van der Waals surface area contributed by atoms with Gasteiger partial charge in [0.15, 0.2) is 5.82 Å². The lowest BCUT2D eigenvalue weighted by Crippen LogP contribution is -2.49. The zero-order valence-corrected chi connectivity index (χ0v) is 23.9. The molecule has 1 N–H and O–H groups in total. The van der Waals surface area contributed by atoms with Crippen LogP contribution in [0.25, 0.3) is 16.6 Å². The SMILES string of the molecule is Cc1cc(Nc2cc3cc(-c4cc(Cl)ncc4OC[C@@H]4CN(C(=O)OC(C)(C)C)CCO4)ccn3n2)nc(C)n1. The van der Waals surface area contributed by atoms with Crippen LogP contribution in [0.3, 0.4) is 0 Å². The molecule has 1 fully saturated rings. The summed E-state index contributed by atoms with van der Waals surface area (Å²) in [5, 5.41) is 8.19. The molecule has 12 heteroatoms. The lowest BCUT2D eigenvalue weighted by molar-refractivity contribution is -0.0556. The van der Waals surface area contributed by atoms with Crippen LogP contribution < -0.4 is 10.1 Å². The van der Waals surface area contributed by atoms with Crippen LogP contribution in [0.4, 0.5) is 16.4 Å². The van der Waals surface area contributed by atoms with E-state index >= 15 is 0 Å². The fourth-order valence-electron chi connectivity index (χ4n) is 4.39. The Bertz CT molecular complexity index is 1510. The molecule has 0 aromatic carbocycles. The van der Waals surface area contributed by atoms with E-state index < -0.39 is 5.60 Å². The Labute approximate surface area is 237 Å². The number of nitrogens with zero attached hydrogens (tertiary/aromatic N) is 6. The number of amides is 1. The average molecular weight is 566 g/mol. The Balaban J connectivity index is 1.31. The Morgan fingerprint density at radius 2 is 2.00 bits per heavy atom. The summed E-state index contributed by atoms with van der Waals surface area (Å²) in [6.07, 6.45) is 2.79. The molecular weight excluding hydrogens is 534 g/mol. The molecule has 4 aromatic heterocycles. The van der Waals surface area contributed by atoms with Crippen molar-refractivity contribution in [3.63, 3.8) is 0 Å². The van der Waals surface area contributed by atoms with Gasteiger partial charge in [0.05, 0.1) is 24.9 Å². The van der Waals surface area contributed by atoms with Crippen molar-refractivity contribution < 1.29 is 19.0 Å². The predicted molar refractivity (Wildman–Crippen MR) is 151 cm³/mol. The van der Waals surface area contributed by atoms with Crippen molar-refractivity contribution in [2.45, 2.75) is 46.3 Å². The van der Waals surface area contributed by atoms with Gasteiger partial charge in [0, 0.05) is 36.1 Å². The molecule has 40 heavy (non-hydrogen) atoms. The van der Waals surface area contributed by atoms with Crippen LogP contribution in [0, 0.1) is 13.8 Å². The minimum atomic E-state index is -0.563. The fourth-order valence-corrected chi connectivity index (χ4v) is 4.55. The number of aryl methyl sites for hydroxylation is 2. The third kappa shape index (κ3) is 6.78. The fraction of sp³-hybridized carbons (Fsp3) is 0.393. The number of rotatable bonds is 6. The van der Waals surface area contributed by atoms with Crippen LogP contribution in [0.5, 0.6) is 5.75 Å². The van der Waals surface area contributed by atoms with E-state index in [0.717, 1.165) is 22.3 Å². The van der Waals surface area contributed by atoms with Gasteiger partial charge in [0.2, 0.25) is 0 Å². The number of hydrogen-bond donors (Lipinski definition) is 1. The van der Waals surface area contributed by atoms with Gasteiger partial charge >= 0.3 is 6.09 Å². The van der Waals surface area contributed by atoms with Gasteiger partial charge < -0.3 is 24.4 Å². The van der Waals surface area contributed by atoms with Gasteiger partial charge in [-0.25, -0.2) is 24.3 Å². The second kappa shape index (κ2) is 11.3. The van der Waals surface area contributed by atoms with Crippen LogP contribution in [-0.2, 0) is 9.47 Å². The molecule has 0 aliphatic carbocycles. The minimum absolute atomic E-state index is 0.233. The second-order valence-corrected chi connectivity index (χ2v) is 11.0. The number of hydrogen-bond acceptors (Lipinski definition) is 9. The highest BCUT2D eigenvalue weighted by molar-refractivity contribution is 6.29. The van der Waals surface area contributed by atoms with E-state index in [1.165, 1.54) is 0 Å². The third-order valence-corrected chi connectivity index (χ3v) is 6.25. The number of ether oxygens (including phenoxy) is 3. The molecule has 0 unspecified atom stereocenters. The summed E-state index contributed by atoms with van der Waals surface area (Å²) in [7, 11) is 0. The zero-order chi connectivity index (χ0) is 28.4. The number of anilines is 2. The average Bonchev–Trinajstić information content (AvgIpc) is 3.28. The van der Waals surface area contributed by atoms with Gasteiger partial charge in [-0.1, -0.05) is 11.6 Å². The predicted octanol–water partition coefficient (Wildman–Crippen LogP) is 5.21. The molecule has 1 atom stereocenters. The lowest BCUT2D eigenvalue weighted by Gasteiger charge is -2.34. The standard InChI is InChI=1S/C28H32ClN7O4/c1-17-10-25(32-18(2)31-17)33-26-12-20-11-19(6-7-36(20)34-26)22-13-24(29)30-14-23(22)39-16-21-15-35(8-9-38-21)27(37)40-28(3,4)5/h6-7,10-14,21H,8-9,15-16H2,1-5H3,(H,31,32,33,34)/t21-/m0/s1. The number of morpholine rings is 1. The van der Waals surface area contributed by atoms with Crippen molar-refractivity contribution in [2.24, 2.45) is 0 Å². The number of nitrogens with one attached hydrogen (secondary N) is 1. The molecule has 0 bridgehead atoms. The van der Waals surface area contributed by atoms with Crippen molar-refractivity contribution in [2.75, 3.05) is 31.6 Å². The monoisotopic (exact) mass is 565 g/mol. The summed E-state index contributed by atoms with van der Waals surface area (Å²) in [5.74, 6) is 2.58. The Morgan fingerprint density at radius 1 is 1.18 bits per heavy atom. The molecule has 1 amide bonds. The quantitative estimate of drug-likeness (QED) is 0.314. The first-order valence-corrected chi connectivity index (χ1v) is 13.4. The van der Waals surface area contributed by atoms with E-state index in [2.05, 4.69) is 25.4 Å². The van der Waals surface area contributed by atoms with Crippen LogP contribution in [0.2, 0.25) is 5.15 Å². The topological polar surface area (TPSA) is 116 Å². The number of pyridine rings is 2. The van der Waals surface area contributed by atoms with Gasteiger partial charge in [-0.05, 0) is 58.4 Å². The molecule has 5 heterocycles. The molecule has 4 aromatic rings. The van der Waals surface area contributed by atoms with Gasteiger partial charge in [-0.3, -0.25) is 0 Å². The first-order valence-electron chi connectivity index (χ1n) is 13.0. The number of carbonyl (C=O) groups excluding carboxylic acids is 1. The van der Waals surface area contributed by atoms with E-state index in [9.17, 15) is 4.79 Å². The maximum Gasteiger partial charge on any atom is 0.410 e. The van der Waals surface area contributed by atoms with Crippen molar-refractivity contribution in [1.82, 2.24) is 29.5 Å². The minimum Gasteiger partial charge on any atom is -0.489 e. The normalized spacial score (nSPS) is 15.8. The summed E-state index contributed by atoms with van der Waals surface area (Å²) < 4.78 is 19.3. The number of carbonyl (C=O) groups is 1. The molecular formula is C28H32ClN7O4. The smallest absolute Gasteiger partial charge is 0.410 e. The molecule has 1 aliphatic rings. The number of aromatic nitrogens is 5. The molecule has 210 valence electrons. The largest absolute Gasteiger partial charge is 0.489 e. The zero-order valence-electron chi connectivity index (χ0n) is 23.1. The van der Waals surface area contributed by atoms with E-state index in [0.29, 0.717) is 48.1 Å². The first-order chi connectivity index (χ1) is 19.0. The summed E-state index contributed by atoms with van der Waals surface area (Å²) in [6, 6.07) is 9.49. The van der Waals surface area contributed by atoms with Gasteiger partial charge in [0.1, 0.15) is 40.9 Å². The molecule has 0 saturated carbocycles. The van der Waals surface area contributed by atoms with Crippen LogP contribution in [0.1, 0.15) is 32.3 Å². The van der Waals surface area contributed by atoms with E-state index in [1.54, 1.807) is 21.7 Å². The Kier molecular flexibility index (Phi) is 7.77. The first kappa shape index (κ1) is 27.6. The second-order valence-electron chi connectivity index (χ2n) is 10.6. The highest BCUT2D eigenvalue weighted by atomic mass is 35.5. The number of fused-ring (bicyclic) bond motifs is 1. The number of halogens is 1. The van der Waals surface area contributed by atoms with Crippen LogP contribution in [0.15, 0.2) is 42.7 Å². The van der Waals surface area contributed by atoms with Gasteiger partial charge in [-0.2, -0.15) is 5.10 Å². The Morgan fingerprint density at radius 3 is 2.77 bits per heavy atom. The van der Waals surface area contributed by atoms with Crippen molar-refractivity contribution in [3.8, 4) is 16.9 Å². The molecule has 1 saturated heterocycles. The van der Waals surface area contributed by atoms with Crippen LogP contribution in [-0.4, -0.2) is 73.6 Å².